The second-order valence-corrected chi connectivity index (χ2v) is 5.70. The van der Waals surface area contributed by atoms with Gasteiger partial charge in [0.25, 0.3) is 5.91 Å². The Labute approximate surface area is 156 Å². The summed E-state index contributed by atoms with van der Waals surface area (Å²) in [5, 5.41) is 11.3. The molecule has 9 heteroatoms. The molecule has 3 rings (SSSR count). The van der Waals surface area contributed by atoms with E-state index in [0.29, 0.717) is 49.0 Å². The number of rotatable bonds is 9. The minimum absolute atomic E-state index is 0.194. The van der Waals surface area contributed by atoms with Gasteiger partial charge in [-0.2, -0.15) is 5.10 Å². The summed E-state index contributed by atoms with van der Waals surface area (Å²) in [4.78, 5) is 20.9. The molecule has 9 nitrogen and oxygen atoms in total. The van der Waals surface area contributed by atoms with Gasteiger partial charge in [-0.3, -0.25) is 4.79 Å². The Kier molecular flexibility index (Phi) is 6.16. The van der Waals surface area contributed by atoms with E-state index in [4.69, 9.17) is 9.47 Å². The van der Waals surface area contributed by atoms with Crippen LogP contribution in [0.2, 0.25) is 0 Å². The molecule has 0 radical (unpaired) electrons. The molecule has 142 valence electrons. The van der Waals surface area contributed by atoms with Gasteiger partial charge in [0.15, 0.2) is 5.65 Å². The van der Waals surface area contributed by atoms with E-state index in [1.54, 1.807) is 43.3 Å². The molecular formula is C18H22N6O3. The lowest BCUT2D eigenvalue weighted by Gasteiger charge is -2.09. The smallest absolute Gasteiger partial charge is 0.255 e. The third-order valence-corrected chi connectivity index (χ3v) is 3.99. The third kappa shape index (κ3) is 4.32. The number of carbonyl (C=O) groups is 1. The molecule has 0 aliphatic carbocycles. The molecule has 0 aliphatic rings. The van der Waals surface area contributed by atoms with E-state index in [9.17, 15) is 4.79 Å². The number of nitrogens with one attached hydrogen (secondary N) is 2. The first kappa shape index (κ1) is 18.6. The van der Waals surface area contributed by atoms with Crippen LogP contribution in [-0.2, 0) is 11.3 Å². The van der Waals surface area contributed by atoms with Crippen molar-refractivity contribution in [2.75, 3.05) is 39.2 Å². The van der Waals surface area contributed by atoms with Gasteiger partial charge < -0.3 is 20.1 Å². The number of ether oxygens (including phenoxy) is 2. The van der Waals surface area contributed by atoms with Crippen LogP contribution in [0.25, 0.3) is 11.0 Å². The lowest BCUT2D eigenvalue weighted by molar-refractivity contribution is 0.0949. The number of carbonyl (C=O) groups excluding carboxylic acids is 1. The molecular weight excluding hydrogens is 348 g/mol. The van der Waals surface area contributed by atoms with Gasteiger partial charge in [-0.25, -0.2) is 14.6 Å². The molecule has 2 N–H and O–H groups in total. The predicted molar refractivity (Wildman–Crippen MR) is 101 cm³/mol. The topological polar surface area (TPSA) is 103 Å². The van der Waals surface area contributed by atoms with Crippen LogP contribution in [0.4, 0.5) is 5.82 Å². The Morgan fingerprint density at radius 3 is 2.85 bits per heavy atom. The van der Waals surface area contributed by atoms with Crippen molar-refractivity contribution in [2.24, 2.45) is 0 Å². The van der Waals surface area contributed by atoms with Crippen LogP contribution in [0.5, 0.6) is 5.75 Å². The van der Waals surface area contributed by atoms with E-state index in [2.05, 4.69) is 25.7 Å². The largest absolute Gasteiger partial charge is 0.496 e. The average molecular weight is 370 g/mol. The maximum Gasteiger partial charge on any atom is 0.255 e. The summed E-state index contributed by atoms with van der Waals surface area (Å²) in [6, 6.07) is 7.10. The fraction of sp³-hybridized carbons (Fsp3) is 0.333. The molecule has 0 atom stereocenters. The van der Waals surface area contributed by atoms with Gasteiger partial charge in [0.1, 0.15) is 17.9 Å². The second-order valence-electron chi connectivity index (χ2n) is 5.70. The van der Waals surface area contributed by atoms with E-state index in [-0.39, 0.29) is 5.91 Å². The number of nitrogens with zero attached hydrogens (tertiary/aromatic N) is 4. The summed E-state index contributed by atoms with van der Waals surface area (Å²) >= 11 is 0. The van der Waals surface area contributed by atoms with Crippen molar-refractivity contribution >= 4 is 22.8 Å². The van der Waals surface area contributed by atoms with Gasteiger partial charge in [-0.05, 0) is 12.1 Å². The van der Waals surface area contributed by atoms with Crippen LogP contribution in [0, 0.1) is 0 Å². The van der Waals surface area contributed by atoms with Crippen LogP contribution in [0.15, 0.2) is 36.8 Å². The SMILES string of the molecule is COCCNc1ncnc2c1cnn2CCNC(=O)c1ccccc1OC. The van der Waals surface area contributed by atoms with E-state index >= 15 is 0 Å². The average Bonchev–Trinajstić information content (AvgIpc) is 3.12. The molecule has 1 aromatic carbocycles. The van der Waals surface area contributed by atoms with Crippen molar-refractivity contribution in [3.05, 3.63) is 42.4 Å². The molecule has 0 saturated heterocycles. The van der Waals surface area contributed by atoms with Gasteiger partial charge in [-0.1, -0.05) is 12.1 Å². The van der Waals surface area contributed by atoms with E-state index in [1.807, 2.05) is 6.07 Å². The maximum atomic E-state index is 12.3. The number of aromatic nitrogens is 4. The molecule has 27 heavy (non-hydrogen) atoms. The number of benzene rings is 1. The number of anilines is 1. The number of methoxy groups -OCH3 is 2. The van der Waals surface area contributed by atoms with Gasteiger partial charge in [0.05, 0.1) is 37.4 Å². The summed E-state index contributed by atoms with van der Waals surface area (Å²) in [5.41, 5.74) is 1.20. The highest BCUT2D eigenvalue weighted by molar-refractivity contribution is 5.96. The highest BCUT2D eigenvalue weighted by atomic mass is 16.5. The van der Waals surface area contributed by atoms with Crippen LogP contribution in [-0.4, -0.2) is 59.6 Å². The van der Waals surface area contributed by atoms with Crippen molar-refractivity contribution < 1.29 is 14.3 Å². The first-order valence-corrected chi connectivity index (χ1v) is 8.55. The zero-order chi connectivity index (χ0) is 19.1. The number of hydrogen-bond acceptors (Lipinski definition) is 7. The summed E-state index contributed by atoms with van der Waals surface area (Å²) in [6.07, 6.45) is 3.20. The fourth-order valence-corrected chi connectivity index (χ4v) is 2.67. The molecule has 3 aromatic rings. The number of fused-ring (bicyclic) bond motifs is 1. The molecule has 2 heterocycles. The second kappa shape index (κ2) is 8.95. The highest BCUT2D eigenvalue weighted by Gasteiger charge is 2.12. The van der Waals surface area contributed by atoms with Gasteiger partial charge in [0, 0.05) is 20.2 Å². The van der Waals surface area contributed by atoms with Crippen molar-refractivity contribution in [1.82, 2.24) is 25.1 Å². The zero-order valence-electron chi connectivity index (χ0n) is 15.3. The van der Waals surface area contributed by atoms with Crippen molar-refractivity contribution in [2.45, 2.75) is 6.54 Å². The summed E-state index contributed by atoms with van der Waals surface area (Å²) in [6.45, 7) is 2.11. The Hall–Kier alpha value is -3.20. The highest BCUT2D eigenvalue weighted by Crippen LogP contribution is 2.18. The van der Waals surface area contributed by atoms with Gasteiger partial charge in [-0.15, -0.1) is 0 Å². The standard InChI is InChI=1S/C18H22N6O3/c1-26-10-8-19-16-14-11-23-24(17(14)22-12-21-16)9-7-20-18(25)13-5-3-4-6-15(13)27-2/h3-6,11-12H,7-10H2,1-2H3,(H,20,25)(H,19,21,22). The third-order valence-electron chi connectivity index (χ3n) is 3.99. The minimum atomic E-state index is -0.194. The summed E-state index contributed by atoms with van der Waals surface area (Å²) in [7, 11) is 3.19. The molecule has 0 unspecified atom stereocenters. The van der Waals surface area contributed by atoms with Gasteiger partial charge >= 0.3 is 0 Å². The first-order chi connectivity index (χ1) is 13.2. The lowest BCUT2D eigenvalue weighted by Crippen LogP contribution is -2.27. The fourth-order valence-electron chi connectivity index (χ4n) is 2.67. The number of hydrogen-bond donors (Lipinski definition) is 2. The Morgan fingerprint density at radius 1 is 1.19 bits per heavy atom. The van der Waals surface area contributed by atoms with Crippen molar-refractivity contribution in [1.29, 1.82) is 0 Å². The summed E-state index contributed by atoms with van der Waals surface area (Å²) < 4.78 is 12.0. The molecule has 0 saturated carbocycles. The zero-order valence-corrected chi connectivity index (χ0v) is 15.3. The summed E-state index contributed by atoms with van der Waals surface area (Å²) in [5.74, 6) is 1.06. The molecule has 0 aliphatic heterocycles. The molecule has 2 aromatic heterocycles. The molecule has 0 fully saturated rings. The Morgan fingerprint density at radius 2 is 2.04 bits per heavy atom. The molecule has 1 amide bonds. The van der Waals surface area contributed by atoms with Crippen LogP contribution < -0.4 is 15.4 Å². The Balaban J connectivity index is 1.64. The van der Waals surface area contributed by atoms with Crippen LogP contribution in [0.1, 0.15) is 10.4 Å². The van der Waals surface area contributed by atoms with Crippen molar-refractivity contribution in [3.63, 3.8) is 0 Å². The number of amides is 1. The minimum Gasteiger partial charge on any atom is -0.496 e. The van der Waals surface area contributed by atoms with Crippen LogP contribution >= 0.6 is 0 Å². The van der Waals surface area contributed by atoms with Crippen LogP contribution in [0.3, 0.4) is 0 Å². The quantitative estimate of drug-likeness (QED) is 0.548. The lowest BCUT2D eigenvalue weighted by atomic mass is 10.2. The number of para-hydroxylation sites is 1. The first-order valence-electron chi connectivity index (χ1n) is 8.55. The molecule has 0 bridgehead atoms. The molecule has 0 spiro atoms. The van der Waals surface area contributed by atoms with Gasteiger partial charge in [0.2, 0.25) is 0 Å². The normalized spacial score (nSPS) is 10.7. The van der Waals surface area contributed by atoms with E-state index in [1.165, 1.54) is 6.33 Å². The van der Waals surface area contributed by atoms with E-state index < -0.39 is 0 Å². The van der Waals surface area contributed by atoms with Crippen molar-refractivity contribution in [3.8, 4) is 5.75 Å². The monoisotopic (exact) mass is 370 g/mol. The predicted octanol–water partition coefficient (Wildman–Crippen LogP) is 1.32. The Bertz CT molecular complexity index is 911. The maximum absolute atomic E-state index is 12.3. The van der Waals surface area contributed by atoms with E-state index in [0.717, 1.165) is 5.39 Å².